The zero-order valence-corrected chi connectivity index (χ0v) is 11.7. The molecule has 1 heterocycles. The van der Waals surface area contributed by atoms with Gasteiger partial charge in [-0.2, -0.15) is 0 Å². The van der Waals surface area contributed by atoms with Gasteiger partial charge in [0.2, 0.25) is 0 Å². The number of hydrogen-bond acceptors (Lipinski definition) is 4. The molecule has 0 spiro atoms. The van der Waals surface area contributed by atoms with Crippen LogP contribution in [0.1, 0.15) is 39.5 Å². The van der Waals surface area contributed by atoms with Crippen LogP contribution in [0.25, 0.3) is 0 Å². The van der Waals surface area contributed by atoms with Crippen LogP contribution in [0.3, 0.4) is 0 Å². The number of likely N-dealkylation sites (tertiary alicyclic amines) is 1. The summed E-state index contributed by atoms with van der Waals surface area (Å²) in [6, 6.07) is 1.66. The van der Waals surface area contributed by atoms with Gasteiger partial charge in [0, 0.05) is 45.3 Å². The number of nitrogens with two attached hydrogens (primary N) is 1. The van der Waals surface area contributed by atoms with E-state index in [1.807, 2.05) is 0 Å². The summed E-state index contributed by atoms with van der Waals surface area (Å²) in [5.74, 6) is 0. The molecule has 0 aromatic rings. The van der Waals surface area contributed by atoms with E-state index in [4.69, 9.17) is 15.2 Å². The summed E-state index contributed by atoms with van der Waals surface area (Å²) in [5, 5.41) is 0. The molecule has 3 unspecified atom stereocenters. The molecule has 0 amide bonds. The SMILES string of the molecule is CCC1CCC(C)N1C(CN)CC(OC)OC. The highest BCUT2D eigenvalue weighted by Crippen LogP contribution is 2.29. The Labute approximate surface area is 105 Å². The molecule has 1 saturated heterocycles. The van der Waals surface area contributed by atoms with Gasteiger partial charge in [0.25, 0.3) is 0 Å². The molecule has 4 heteroatoms. The lowest BCUT2D eigenvalue weighted by molar-refractivity contribution is -0.118. The van der Waals surface area contributed by atoms with Crippen LogP contribution in [0.5, 0.6) is 0 Å². The molecule has 2 N–H and O–H groups in total. The lowest BCUT2D eigenvalue weighted by atomic mass is 10.1. The third kappa shape index (κ3) is 3.65. The zero-order valence-electron chi connectivity index (χ0n) is 11.7. The van der Waals surface area contributed by atoms with Crippen molar-refractivity contribution < 1.29 is 9.47 Å². The van der Waals surface area contributed by atoms with Gasteiger partial charge in [0.05, 0.1) is 0 Å². The van der Waals surface area contributed by atoms with Crippen molar-refractivity contribution in [1.29, 1.82) is 0 Å². The number of methoxy groups -OCH3 is 2. The normalized spacial score (nSPS) is 27.9. The highest BCUT2D eigenvalue weighted by molar-refractivity contribution is 4.90. The summed E-state index contributed by atoms with van der Waals surface area (Å²) in [4.78, 5) is 2.57. The minimum absolute atomic E-state index is 0.145. The van der Waals surface area contributed by atoms with Gasteiger partial charge in [-0.15, -0.1) is 0 Å². The quantitative estimate of drug-likeness (QED) is 0.691. The van der Waals surface area contributed by atoms with E-state index in [1.165, 1.54) is 19.3 Å². The van der Waals surface area contributed by atoms with Crippen molar-refractivity contribution in [3.05, 3.63) is 0 Å². The molecule has 1 aliphatic rings. The minimum atomic E-state index is -0.145. The van der Waals surface area contributed by atoms with Crippen LogP contribution < -0.4 is 5.73 Å². The lowest BCUT2D eigenvalue weighted by Gasteiger charge is -2.36. The second kappa shape index (κ2) is 7.31. The topological polar surface area (TPSA) is 47.7 Å². The average Bonchev–Trinajstić information content (AvgIpc) is 2.72. The monoisotopic (exact) mass is 244 g/mol. The van der Waals surface area contributed by atoms with Crippen LogP contribution >= 0.6 is 0 Å². The second-order valence-electron chi connectivity index (χ2n) is 4.96. The van der Waals surface area contributed by atoms with Gasteiger partial charge in [0.1, 0.15) is 0 Å². The summed E-state index contributed by atoms with van der Waals surface area (Å²) in [5.41, 5.74) is 5.94. The summed E-state index contributed by atoms with van der Waals surface area (Å²) in [7, 11) is 3.37. The van der Waals surface area contributed by atoms with Gasteiger partial charge in [-0.25, -0.2) is 0 Å². The van der Waals surface area contributed by atoms with E-state index in [2.05, 4.69) is 18.7 Å². The van der Waals surface area contributed by atoms with Crippen molar-refractivity contribution in [3.63, 3.8) is 0 Å². The highest BCUT2D eigenvalue weighted by Gasteiger charge is 2.35. The third-order valence-electron chi connectivity index (χ3n) is 4.00. The van der Waals surface area contributed by atoms with Gasteiger partial charge in [-0.1, -0.05) is 6.92 Å². The molecule has 0 bridgehead atoms. The van der Waals surface area contributed by atoms with E-state index in [1.54, 1.807) is 14.2 Å². The van der Waals surface area contributed by atoms with E-state index in [0.29, 0.717) is 24.7 Å². The highest BCUT2D eigenvalue weighted by atomic mass is 16.7. The smallest absolute Gasteiger partial charge is 0.158 e. The van der Waals surface area contributed by atoms with Crippen molar-refractivity contribution in [3.8, 4) is 0 Å². The predicted octanol–water partition coefficient (Wildman–Crippen LogP) is 1.59. The van der Waals surface area contributed by atoms with Crippen LogP contribution in [0, 0.1) is 0 Å². The van der Waals surface area contributed by atoms with Crippen molar-refractivity contribution >= 4 is 0 Å². The van der Waals surface area contributed by atoms with Gasteiger partial charge in [0.15, 0.2) is 6.29 Å². The Morgan fingerprint density at radius 2 is 1.94 bits per heavy atom. The van der Waals surface area contributed by atoms with Crippen molar-refractivity contribution in [1.82, 2.24) is 4.90 Å². The number of nitrogens with zero attached hydrogens (tertiary/aromatic N) is 1. The number of rotatable bonds is 7. The largest absolute Gasteiger partial charge is 0.356 e. The van der Waals surface area contributed by atoms with Crippen molar-refractivity contribution in [2.24, 2.45) is 5.73 Å². The maximum absolute atomic E-state index is 5.94. The first-order chi connectivity index (χ1) is 8.17. The molecule has 1 fully saturated rings. The molecule has 1 aliphatic heterocycles. The van der Waals surface area contributed by atoms with Crippen molar-refractivity contribution in [2.45, 2.75) is 63.9 Å². The molecule has 1 rings (SSSR count). The Hall–Kier alpha value is -0.160. The molecule has 0 aromatic heterocycles. The fraction of sp³-hybridized carbons (Fsp3) is 1.00. The van der Waals surface area contributed by atoms with Gasteiger partial charge < -0.3 is 15.2 Å². The average molecular weight is 244 g/mol. The van der Waals surface area contributed by atoms with Gasteiger partial charge >= 0.3 is 0 Å². The molecule has 4 nitrogen and oxygen atoms in total. The van der Waals surface area contributed by atoms with Gasteiger partial charge in [-0.3, -0.25) is 4.90 Å². The lowest BCUT2D eigenvalue weighted by Crippen LogP contribution is -2.48. The summed E-state index contributed by atoms with van der Waals surface area (Å²) >= 11 is 0. The molecular formula is C13H28N2O2. The van der Waals surface area contributed by atoms with E-state index in [9.17, 15) is 0 Å². The van der Waals surface area contributed by atoms with Crippen LogP contribution in [-0.4, -0.2) is 50.1 Å². The fourth-order valence-corrected chi connectivity index (χ4v) is 3.02. The Morgan fingerprint density at radius 3 is 2.41 bits per heavy atom. The van der Waals surface area contributed by atoms with E-state index >= 15 is 0 Å². The predicted molar refractivity (Wildman–Crippen MR) is 69.9 cm³/mol. The van der Waals surface area contributed by atoms with Crippen LogP contribution in [-0.2, 0) is 9.47 Å². The minimum Gasteiger partial charge on any atom is -0.356 e. The first kappa shape index (κ1) is 14.9. The van der Waals surface area contributed by atoms with E-state index in [-0.39, 0.29) is 6.29 Å². The molecule has 0 aliphatic carbocycles. The van der Waals surface area contributed by atoms with E-state index < -0.39 is 0 Å². The van der Waals surface area contributed by atoms with Crippen LogP contribution in [0.2, 0.25) is 0 Å². The summed E-state index contributed by atoms with van der Waals surface area (Å²) < 4.78 is 10.6. The molecule has 0 saturated carbocycles. The van der Waals surface area contributed by atoms with Crippen molar-refractivity contribution in [2.75, 3.05) is 20.8 Å². The first-order valence-corrected chi connectivity index (χ1v) is 6.70. The Morgan fingerprint density at radius 1 is 1.29 bits per heavy atom. The zero-order chi connectivity index (χ0) is 12.8. The van der Waals surface area contributed by atoms with Crippen LogP contribution in [0.15, 0.2) is 0 Å². The molecule has 0 aromatic carbocycles. The Bertz CT molecular complexity index is 210. The maximum atomic E-state index is 5.94. The Balaban J connectivity index is 2.64. The molecule has 3 atom stereocenters. The Kier molecular flexibility index (Phi) is 6.41. The summed E-state index contributed by atoms with van der Waals surface area (Å²) in [6.45, 7) is 5.23. The fourth-order valence-electron chi connectivity index (χ4n) is 3.02. The second-order valence-corrected chi connectivity index (χ2v) is 4.96. The molecular weight excluding hydrogens is 216 g/mol. The summed E-state index contributed by atoms with van der Waals surface area (Å²) in [6.07, 6.45) is 4.47. The third-order valence-corrected chi connectivity index (χ3v) is 4.00. The van der Waals surface area contributed by atoms with Gasteiger partial charge in [-0.05, 0) is 26.2 Å². The van der Waals surface area contributed by atoms with E-state index in [0.717, 1.165) is 6.42 Å². The number of ether oxygens (including phenoxy) is 2. The van der Waals surface area contributed by atoms with Crippen LogP contribution in [0.4, 0.5) is 0 Å². The number of hydrogen-bond donors (Lipinski definition) is 1. The standard InChI is InChI=1S/C13H28N2O2/c1-5-11-7-6-10(2)15(11)12(9-14)8-13(16-3)17-4/h10-13H,5-9,14H2,1-4H3. The molecule has 0 radical (unpaired) electrons. The molecule has 17 heavy (non-hydrogen) atoms. The first-order valence-electron chi connectivity index (χ1n) is 6.70. The molecule has 102 valence electrons. The maximum Gasteiger partial charge on any atom is 0.158 e.